The maximum Gasteiger partial charge on any atom is 0.252 e. The number of hydrogen-bond acceptors (Lipinski definition) is 2. The quantitative estimate of drug-likeness (QED) is 0.135. The first kappa shape index (κ1) is 56.4. The second-order valence-corrected chi connectivity index (χ2v) is 28.1. The lowest BCUT2D eigenvalue weighted by atomic mass is 9.34. The van der Waals surface area contributed by atoms with E-state index >= 15 is 0 Å². The molecule has 0 saturated heterocycles. The zero-order valence-electron chi connectivity index (χ0n) is 54.2. The van der Waals surface area contributed by atoms with E-state index in [1.54, 1.807) is 0 Å². The van der Waals surface area contributed by atoms with Gasteiger partial charge in [-0.25, -0.2) is 9.97 Å². The zero-order chi connectivity index (χ0) is 63.8. The number of benzene rings is 13. The van der Waals surface area contributed by atoms with Crippen LogP contribution in [-0.4, -0.2) is 25.8 Å². The van der Waals surface area contributed by atoms with E-state index in [0.717, 1.165) is 84.0 Å². The molecule has 0 bridgehead atoms. The van der Waals surface area contributed by atoms with Crippen molar-refractivity contribution in [3.63, 3.8) is 0 Å². The van der Waals surface area contributed by atoms with Crippen LogP contribution in [0.4, 0.5) is 0 Å². The van der Waals surface area contributed by atoms with E-state index < -0.39 is 0 Å². The second-order valence-electron chi connectivity index (χ2n) is 28.1. The Morgan fingerprint density at radius 2 is 0.611 bits per heavy atom. The largest absolute Gasteiger partial charge is 0.310 e. The molecule has 0 fully saturated rings. The Bertz CT molecular complexity index is 5290. The lowest BCUT2D eigenvalue weighted by molar-refractivity contribution is 0.591. The van der Waals surface area contributed by atoms with E-state index in [1.165, 1.54) is 93.4 Å². The van der Waals surface area contributed by atoms with Crippen LogP contribution < -0.4 is 16.4 Å². The van der Waals surface area contributed by atoms with Gasteiger partial charge in [-0.2, -0.15) is 0 Å². The Balaban J connectivity index is 0.991. The SMILES string of the molecule is CC(C)(C)c1ccc2c(c1)c1c(-c3ccccc3)ccc3c1n2-c1cc(-c2cc(-c4cc(-c5ccccc5)cc(-c5ccccc5)c4)nc(-c4cc(-c5ccccc5)cc(-c5ccccc5)c4)n2)cc2c1B3c1ccc(-c3ccccc3)c3c4cc(C(C)(C)C)ccc4n-2c13. The van der Waals surface area contributed by atoms with Crippen molar-refractivity contribution in [3.05, 3.63) is 308 Å². The minimum atomic E-state index is -0.114. The molecule has 13 aromatic carbocycles. The fourth-order valence-electron chi connectivity index (χ4n) is 15.5. The lowest BCUT2D eigenvalue weighted by Gasteiger charge is -2.34. The van der Waals surface area contributed by atoms with Crippen molar-refractivity contribution in [1.29, 1.82) is 0 Å². The van der Waals surface area contributed by atoms with Crippen LogP contribution in [0.15, 0.2) is 297 Å². The Labute approximate surface area is 555 Å². The van der Waals surface area contributed by atoms with Crippen LogP contribution in [0.5, 0.6) is 0 Å². The van der Waals surface area contributed by atoms with Gasteiger partial charge in [0.15, 0.2) is 5.82 Å². The first-order valence-electron chi connectivity index (χ1n) is 33.3. The van der Waals surface area contributed by atoms with Crippen LogP contribution in [0.3, 0.4) is 0 Å². The molecular formula is C90H67BN4. The molecule has 95 heavy (non-hydrogen) atoms. The summed E-state index contributed by atoms with van der Waals surface area (Å²) in [7, 11) is 0. The number of rotatable bonds is 9. The predicted octanol–water partition coefficient (Wildman–Crippen LogP) is 21.4. The van der Waals surface area contributed by atoms with E-state index in [-0.39, 0.29) is 17.5 Å². The second kappa shape index (κ2) is 21.6. The Morgan fingerprint density at radius 3 is 0.968 bits per heavy atom. The Hall–Kier alpha value is -11.4. The standard InChI is InChI=1S/C90H67BN4/c1-89(2,3)69-37-43-79-73(53-69)83-71(60-33-21-11-22-34-60)39-41-75-86(83)94(79)81-51-67(52-82-85(81)91(75)76-42-40-72(61-35-23-12-24-36-61)84-74-54-70(90(4,5)6)38-44-80(74)95(82)87(76)84)78-55-77(66-47-62(56-25-13-7-14-26-56)45-63(48-66)57-27-15-8-16-28-57)92-88(93-78)68-49-64(58-29-17-9-18-30-58)46-65(50-68)59-31-19-10-20-32-59/h7-55H,1-6H3. The third-order valence-electron chi connectivity index (χ3n) is 20.2. The van der Waals surface area contributed by atoms with Gasteiger partial charge in [-0.05, 0) is 184 Å². The molecule has 0 aliphatic carbocycles. The normalized spacial score (nSPS) is 12.5. The van der Waals surface area contributed by atoms with Crippen molar-refractivity contribution in [2.75, 3.05) is 0 Å². The van der Waals surface area contributed by atoms with Gasteiger partial charge in [-0.15, -0.1) is 0 Å². The summed E-state index contributed by atoms with van der Waals surface area (Å²) in [4.78, 5) is 11.7. The molecule has 5 heterocycles. The van der Waals surface area contributed by atoms with Crippen molar-refractivity contribution in [2.45, 2.75) is 52.4 Å². The molecule has 18 rings (SSSR count). The van der Waals surface area contributed by atoms with Gasteiger partial charge in [0.05, 0.1) is 22.4 Å². The van der Waals surface area contributed by atoms with E-state index in [1.807, 2.05) is 0 Å². The molecular weight excluding hydrogens is 1150 g/mol. The van der Waals surface area contributed by atoms with E-state index in [0.29, 0.717) is 5.82 Å². The molecule has 2 aliphatic heterocycles. The summed E-state index contributed by atoms with van der Waals surface area (Å²) in [6, 6.07) is 110. The van der Waals surface area contributed by atoms with Crippen LogP contribution in [-0.2, 0) is 10.8 Å². The maximum absolute atomic E-state index is 5.93. The van der Waals surface area contributed by atoms with Gasteiger partial charge in [-0.3, -0.25) is 0 Å². The number of hydrogen-bond donors (Lipinski definition) is 0. The van der Waals surface area contributed by atoms with Crippen molar-refractivity contribution in [1.82, 2.24) is 19.1 Å². The summed E-state index contributed by atoms with van der Waals surface area (Å²) in [5.41, 5.74) is 31.9. The fraction of sp³-hybridized carbons (Fsp3) is 0.0889. The van der Waals surface area contributed by atoms with Crippen LogP contribution in [0.1, 0.15) is 52.7 Å². The third kappa shape index (κ3) is 9.27. The highest BCUT2D eigenvalue weighted by Crippen LogP contribution is 2.47. The van der Waals surface area contributed by atoms with Crippen molar-refractivity contribution in [3.8, 4) is 112 Å². The summed E-state index contributed by atoms with van der Waals surface area (Å²) in [5, 5.41) is 5.05. The first-order valence-corrected chi connectivity index (χ1v) is 33.3. The minimum absolute atomic E-state index is 0.0893. The minimum Gasteiger partial charge on any atom is -0.310 e. The molecule has 4 nitrogen and oxygen atoms in total. The average Bonchev–Trinajstić information content (AvgIpc) is 1.56. The Morgan fingerprint density at radius 1 is 0.284 bits per heavy atom. The summed E-state index contributed by atoms with van der Waals surface area (Å²) in [6.45, 7) is 13.9. The predicted molar refractivity (Wildman–Crippen MR) is 402 cm³/mol. The van der Waals surface area contributed by atoms with Gasteiger partial charge in [0.25, 0.3) is 6.71 Å². The topological polar surface area (TPSA) is 35.6 Å². The fourth-order valence-corrected chi connectivity index (χ4v) is 15.5. The monoisotopic (exact) mass is 1210 g/mol. The first-order chi connectivity index (χ1) is 46.4. The van der Waals surface area contributed by atoms with Gasteiger partial charge < -0.3 is 9.13 Å². The molecule has 0 unspecified atom stereocenters. The van der Waals surface area contributed by atoms with Gasteiger partial charge >= 0.3 is 0 Å². The third-order valence-corrected chi connectivity index (χ3v) is 20.2. The van der Waals surface area contributed by atoms with Crippen molar-refractivity contribution < 1.29 is 0 Å². The molecule has 0 amide bonds. The maximum atomic E-state index is 5.93. The van der Waals surface area contributed by atoms with E-state index in [4.69, 9.17) is 9.97 Å². The molecule has 5 heteroatoms. The zero-order valence-corrected chi connectivity index (χ0v) is 54.2. The molecule has 0 atom stereocenters. The molecule has 0 saturated carbocycles. The lowest BCUT2D eigenvalue weighted by Crippen LogP contribution is -2.59. The highest BCUT2D eigenvalue weighted by molar-refractivity contribution is 7.00. The number of fused-ring (bicyclic) bond motifs is 10. The van der Waals surface area contributed by atoms with Gasteiger partial charge in [0.2, 0.25) is 0 Å². The van der Waals surface area contributed by atoms with Crippen LogP contribution in [0, 0.1) is 0 Å². The van der Waals surface area contributed by atoms with Gasteiger partial charge in [-0.1, -0.05) is 260 Å². The average molecular weight is 1220 g/mol. The molecule has 3 aromatic heterocycles. The van der Waals surface area contributed by atoms with Crippen LogP contribution >= 0.6 is 0 Å². The molecule has 0 radical (unpaired) electrons. The molecule has 16 aromatic rings. The van der Waals surface area contributed by atoms with Gasteiger partial charge in [0, 0.05) is 60.6 Å². The smallest absolute Gasteiger partial charge is 0.252 e. The molecule has 2 aliphatic rings. The highest BCUT2D eigenvalue weighted by atomic mass is 15.0. The number of nitrogens with zero attached hydrogens (tertiary/aromatic N) is 4. The van der Waals surface area contributed by atoms with Crippen LogP contribution in [0.25, 0.3) is 156 Å². The molecule has 450 valence electrons. The van der Waals surface area contributed by atoms with E-state index in [2.05, 4.69) is 348 Å². The van der Waals surface area contributed by atoms with Crippen molar-refractivity contribution >= 4 is 66.7 Å². The van der Waals surface area contributed by atoms with E-state index in [9.17, 15) is 0 Å². The summed E-state index contributed by atoms with van der Waals surface area (Å²) in [6.07, 6.45) is 0. The number of aromatic nitrogens is 4. The highest BCUT2D eigenvalue weighted by Gasteiger charge is 2.42. The molecule has 0 spiro atoms. The van der Waals surface area contributed by atoms with Gasteiger partial charge in [0.1, 0.15) is 0 Å². The summed E-state index contributed by atoms with van der Waals surface area (Å²) in [5.74, 6) is 0.644. The Kier molecular flexibility index (Phi) is 12.8. The van der Waals surface area contributed by atoms with Crippen molar-refractivity contribution in [2.24, 2.45) is 0 Å². The summed E-state index contributed by atoms with van der Waals surface area (Å²) < 4.78 is 5.27. The molecule has 0 N–H and O–H groups in total. The summed E-state index contributed by atoms with van der Waals surface area (Å²) >= 11 is 0. The van der Waals surface area contributed by atoms with Crippen LogP contribution in [0.2, 0.25) is 0 Å².